The summed E-state index contributed by atoms with van der Waals surface area (Å²) < 4.78 is 34.5. The van der Waals surface area contributed by atoms with Crippen LogP contribution in [-0.2, 0) is 32.7 Å². The Morgan fingerprint density at radius 2 is 0.781 bits per heavy atom. The van der Waals surface area contributed by atoms with Gasteiger partial charge >= 0.3 is 19.8 Å². The zero-order valence-corrected chi connectivity index (χ0v) is 48.0. The van der Waals surface area contributed by atoms with Gasteiger partial charge in [0, 0.05) is 12.8 Å². The standard InChI is InChI=1S/C63H106NO8P/c1-6-8-10-12-14-16-18-20-22-23-24-25-26-27-28-29-30-31-32-33-34-35-36-37-38-39-40-41-42-44-46-48-50-52-54-56-63(66)72-61(60-71-73(67,68)70-58-57-64(3,4)5)59-69-62(65)55-53-51-49-47-45-43-21-19-17-15-13-11-9-7-2/h8,10,14,16,19-22,24-25,27-28,30-31,33-34,36-37,39-40,61H,6-7,9,11-13,15,17-18,23,26,29,32,35,38,41-60H2,1-5H3/p+1/b10-8-,16-14-,21-19-,22-20-,25-24-,28-27-,31-30-,34-33-,37-36-,40-39-. The van der Waals surface area contributed by atoms with Gasteiger partial charge in [-0.1, -0.05) is 212 Å². The van der Waals surface area contributed by atoms with Crippen LogP contribution in [0.3, 0.4) is 0 Å². The van der Waals surface area contributed by atoms with Crippen LogP contribution in [0.2, 0.25) is 0 Å². The first-order chi connectivity index (χ1) is 35.5. The number of carbonyl (C=O) groups excluding carboxylic acids is 2. The Balaban J connectivity index is 4.19. The van der Waals surface area contributed by atoms with Crippen LogP contribution in [0.15, 0.2) is 122 Å². The van der Waals surface area contributed by atoms with E-state index in [9.17, 15) is 19.0 Å². The molecule has 2 atom stereocenters. The van der Waals surface area contributed by atoms with Crippen LogP contribution in [0.4, 0.5) is 0 Å². The van der Waals surface area contributed by atoms with Crippen molar-refractivity contribution in [3.63, 3.8) is 0 Å². The Kier molecular flexibility index (Phi) is 50.6. The molecule has 0 saturated carbocycles. The van der Waals surface area contributed by atoms with Crippen LogP contribution < -0.4 is 0 Å². The van der Waals surface area contributed by atoms with E-state index in [4.69, 9.17) is 18.5 Å². The summed E-state index contributed by atoms with van der Waals surface area (Å²) in [6.45, 7) is 4.27. The number of likely N-dealkylation sites (N-methyl/N-ethyl adjacent to an activating group) is 1. The molecule has 2 unspecified atom stereocenters. The zero-order valence-electron chi connectivity index (χ0n) is 47.1. The average Bonchev–Trinajstić information content (AvgIpc) is 3.35. The van der Waals surface area contributed by atoms with E-state index in [-0.39, 0.29) is 32.0 Å². The molecule has 0 saturated heterocycles. The number of phosphoric ester groups is 1. The van der Waals surface area contributed by atoms with Gasteiger partial charge in [-0.05, 0) is 109 Å². The van der Waals surface area contributed by atoms with Gasteiger partial charge in [-0.2, -0.15) is 0 Å². The first kappa shape index (κ1) is 69.4. The number of rotatable bonds is 51. The van der Waals surface area contributed by atoms with Crippen molar-refractivity contribution in [1.29, 1.82) is 0 Å². The number of carbonyl (C=O) groups is 2. The van der Waals surface area contributed by atoms with Crippen LogP contribution in [0.1, 0.15) is 213 Å². The number of ether oxygens (including phenoxy) is 2. The quantitative estimate of drug-likeness (QED) is 0.0211. The zero-order chi connectivity index (χ0) is 53.5. The number of phosphoric acid groups is 1. The summed E-state index contributed by atoms with van der Waals surface area (Å²) in [4.78, 5) is 35.6. The third-order valence-corrected chi connectivity index (χ3v) is 12.7. The topological polar surface area (TPSA) is 108 Å². The van der Waals surface area contributed by atoms with Crippen molar-refractivity contribution in [3.05, 3.63) is 122 Å². The molecule has 0 bridgehead atoms. The van der Waals surface area contributed by atoms with Gasteiger partial charge in [-0.15, -0.1) is 0 Å². The van der Waals surface area contributed by atoms with Crippen LogP contribution in [0.25, 0.3) is 0 Å². The third kappa shape index (κ3) is 57.5. The van der Waals surface area contributed by atoms with E-state index in [1.54, 1.807) is 0 Å². The van der Waals surface area contributed by atoms with Crippen molar-refractivity contribution in [2.45, 2.75) is 219 Å². The predicted octanol–water partition coefficient (Wildman–Crippen LogP) is 18.0. The van der Waals surface area contributed by atoms with Gasteiger partial charge in [0.05, 0.1) is 27.7 Å². The lowest BCUT2D eigenvalue weighted by Gasteiger charge is -2.24. The number of unbranched alkanes of at least 4 members (excludes halogenated alkanes) is 17. The van der Waals surface area contributed by atoms with Crippen molar-refractivity contribution >= 4 is 19.8 Å². The lowest BCUT2D eigenvalue weighted by molar-refractivity contribution is -0.870. The van der Waals surface area contributed by atoms with Crippen molar-refractivity contribution in [2.24, 2.45) is 0 Å². The summed E-state index contributed by atoms with van der Waals surface area (Å²) in [7, 11) is 1.45. The first-order valence-electron chi connectivity index (χ1n) is 28.8. The van der Waals surface area contributed by atoms with Gasteiger partial charge in [0.15, 0.2) is 6.10 Å². The second-order valence-electron chi connectivity index (χ2n) is 19.9. The molecule has 0 heterocycles. The SMILES string of the molecule is CC/C=C\C/C=C\C/C=C\C/C=C\C/C=C\C/C=C\C/C=C\C/C=C\C/C=C\CCCCCCCCCC(=O)OC(COC(=O)CCCCCCC/C=C\CCCCCCC)COP(=O)(O)OCC[N+](C)(C)C. The molecule has 0 fully saturated rings. The molecule has 0 aliphatic rings. The number of quaternary nitrogens is 1. The van der Waals surface area contributed by atoms with Crippen LogP contribution in [-0.4, -0.2) is 74.9 Å². The van der Waals surface area contributed by atoms with Crippen molar-refractivity contribution in [3.8, 4) is 0 Å². The van der Waals surface area contributed by atoms with Crippen molar-refractivity contribution in [2.75, 3.05) is 47.5 Å². The molecule has 1 N–H and O–H groups in total. The molecule has 0 aromatic heterocycles. The maximum absolute atomic E-state index is 12.8. The van der Waals surface area contributed by atoms with E-state index in [0.29, 0.717) is 17.4 Å². The highest BCUT2D eigenvalue weighted by molar-refractivity contribution is 7.47. The fourth-order valence-electron chi connectivity index (χ4n) is 7.30. The van der Waals surface area contributed by atoms with Crippen LogP contribution in [0, 0.1) is 0 Å². The van der Waals surface area contributed by atoms with E-state index < -0.39 is 26.5 Å². The molecule has 0 aromatic rings. The smallest absolute Gasteiger partial charge is 0.462 e. The Labute approximate surface area is 448 Å². The van der Waals surface area contributed by atoms with Crippen molar-refractivity contribution < 1.29 is 42.1 Å². The van der Waals surface area contributed by atoms with E-state index in [1.165, 1.54) is 57.8 Å². The summed E-state index contributed by atoms with van der Waals surface area (Å²) in [6, 6.07) is 0. The van der Waals surface area contributed by atoms with Crippen LogP contribution in [0.5, 0.6) is 0 Å². The van der Waals surface area contributed by atoms with E-state index in [0.717, 1.165) is 122 Å². The predicted molar refractivity (Wildman–Crippen MR) is 311 cm³/mol. The molecule has 0 amide bonds. The summed E-state index contributed by atoms with van der Waals surface area (Å²) in [6.07, 6.45) is 75.5. The average molecular weight is 1040 g/mol. The maximum atomic E-state index is 12.8. The highest BCUT2D eigenvalue weighted by Crippen LogP contribution is 2.43. The lowest BCUT2D eigenvalue weighted by Crippen LogP contribution is -2.37. The van der Waals surface area contributed by atoms with Gasteiger partial charge in [0.1, 0.15) is 19.8 Å². The second-order valence-corrected chi connectivity index (χ2v) is 21.4. The number of esters is 2. The summed E-state index contributed by atoms with van der Waals surface area (Å²) in [5.41, 5.74) is 0. The molecular weight excluding hydrogens is 930 g/mol. The normalized spacial score (nSPS) is 14.2. The number of allylic oxidation sites excluding steroid dienone is 20. The molecule has 0 spiro atoms. The maximum Gasteiger partial charge on any atom is 0.472 e. The molecule has 0 radical (unpaired) electrons. The minimum absolute atomic E-state index is 0.0221. The molecule has 416 valence electrons. The largest absolute Gasteiger partial charge is 0.472 e. The Hall–Kier alpha value is -3.59. The fraction of sp³-hybridized carbons (Fsp3) is 0.651. The molecule has 0 aliphatic carbocycles. The van der Waals surface area contributed by atoms with Gasteiger partial charge in [-0.3, -0.25) is 18.6 Å². The molecule has 9 nitrogen and oxygen atoms in total. The highest BCUT2D eigenvalue weighted by Gasteiger charge is 2.27. The first-order valence-corrected chi connectivity index (χ1v) is 30.3. The molecule has 0 rings (SSSR count). The molecular formula is C63H107NO8P+. The van der Waals surface area contributed by atoms with Gasteiger partial charge in [0.2, 0.25) is 0 Å². The second kappa shape index (κ2) is 53.2. The van der Waals surface area contributed by atoms with Crippen LogP contribution >= 0.6 is 7.82 Å². The minimum atomic E-state index is -4.40. The Morgan fingerprint density at radius 3 is 1.18 bits per heavy atom. The minimum Gasteiger partial charge on any atom is -0.462 e. The Morgan fingerprint density at radius 1 is 0.438 bits per heavy atom. The summed E-state index contributed by atoms with van der Waals surface area (Å²) >= 11 is 0. The van der Waals surface area contributed by atoms with Gasteiger partial charge < -0.3 is 18.9 Å². The monoisotopic (exact) mass is 1040 g/mol. The summed E-state index contributed by atoms with van der Waals surface area (Å²) in [5, 5.41) is 0. The third-order valence-electron chi connectivity index (χ3n) is 11.7. The lowest BCUT2D eigenvalue weighted by atomic mass is 10.1. The number of nitrogens with zero attached hydrogens (tertiary/aromatic N) is 1. The van der Waals surface area contributed by atoms with E-state index in [2.05, 4.69) is 135 Å². The fourth-order valence-corrected chi connectivity index (χ4v) is 8.04. The van der Waals surface area contributed by atoms with Gasteiger partial charge in [-0.25, -0.2) is 4.57 Å². The van der Waals surface area contributed by atoms with Crippen molar-refractivity contribution in [1.82, 2.24) is 0 Å². The molecule has 10 heteroatoms. The molecule has 0 aromatic carbocycles. The summed E-state index contributed by atoms with van der Waals surface area (Å²) in [5.74, 6) is -0.828. The molecule has 0 aliphatic heterocycles. The van der Waals surface area contributed by atoms with E-state index in [1.807, 2.05) is 21.1 Å². The van der Waals surface area contributed by atoms with E-state index >= 15 is 0 Å². The highest BCUT2D eigenvalue weighted by atomic mass is 31.2. The molecule has 73 heavy (non-hydrogen) atoms. The number of hydrogen-bond acceptors (Lipinski definition) is 7. The Bertz CT molecular complexity index is 1650. The van der Waals surface area contributed by atoms with Gasteiger partial charge in [0.25, 0.3) is 0 Å². The number of hydrogen-bond donors (Lipinski definition) is 1.